The topological polar surface area (TPSA) is 37.3 Å². The smallest absolute Gasteiger partial charge is 0.174 e. The van der Waals surface area contributed by atoms with Gasteiger partial charge in [0.05, 0.1) is 5.03 Å². The number of Topliss-reactive ketones (excluding diaryl/α,β-unsaturated/α-hetero) is 1. The van der Waals surface area contributed by atoms with E-state index < -0.39 is 5.60 Å². The van der Waals surface area contributed by atoms with Crippen LogP contribution in [0.5, 0.6) is 0 Å². The summed E-state index contributed by atoms with van der Waals surface area (Å²) < 4.78 is 0. The van der Waals surface area contributed by atoms with Gasteiger partial charge in [0.15, 0.2) is 5.78 Å². The highest BCUT2D eigenvalue weighted by atomic mass is 35.5. The first kappa shape index (κ1) is 15.7. The second-order valence-corrected chi connectivity index (χ2v) is 8.76. The number of rotatable bonds is 0. The van der Waals surface area contributed by atoms with Crippen molar-refractivity contribution >= 4 is 17.4 Å². The zero-order valence-corrected chi connectivity index (χ0v) is 14.5. The van der Waals surface area contributed by atoms with Crippen molar-refractivity contribution in [2.45, 2.75) is 63.9 Å². The molecule has 0 aliphatic heterocycles. The maximum atomic E-state index is 11.9. The van der Waals surface area contributed by atoms with E-state index in [1.54, 1.807) is 0 Å². The minimum Gasteiger partial charge on any atom is -0.377 e. The lowest BCUT2D eigenvalue weighted by atomic mass is 9.50. The molecule has 23 heavy (non-hydrogen) atoms. The highest BCUT2D eigenvalue weighted by molar-refractivity contribution is 6.43. The molecule has 0 saturated heterocycles. The van der Waals surface area contributed by atoms with Crippen LogP contribution in [-0.2, 0) is 4.79 Å². The maximum absolute atomic E-state index is 11.9. The number of fused-ring (bicyclic) bond motifs is 5. The Kier molecular flexibility index (Phi) is 3.49. The molecular formula is C20H25ClO2. The van der Waals surface area contributed by atoms with E-state index in [9.17, 15) is 9.90 Å². The minimum absolute atomic E-state index is 0.139. The lowest BCUT2D eigenvalue weighted by Crippen LogP contribution is -2.52. The summed E-state index contributed by atoms with van der Waals surface area (Å²) in [7, 11) is 0. The summed E-state index contributed by atoms with van der Waals surface area (Å²) in [5.41, 5.74) is 0.162. The Morgan fingerprint density at radius 1 is 1.17 bits per heavy atom. The van der Waals surface area contributed by atoms with Crippen molar-refractivity contribution in [1.29, 1.82) is 0 Å². The van der Waals surface area contributed by atoms with E-state index >= 15 is 0 Å². The summed E-state index contributed by atoms with van der Waals surface area (Å²) in [6.45, 7) is 2.21. The molecule has 3 fully saturated rings. The molecule has 124 valence electrons. The van der Waals surface area contributed by atoms with Crippen molar-refractivity contribution in [2.75, 3.05) is 0 Å². The van der Waals surface area contributed by atoms with Gasteiger partial charge < -0.3 is 5.11 Å². The van der Waals surface area contributed by atoms with Gasteiger partial charge in [-0.05, 0) is 74.2 Å². The average molecular weight is 333 g/mol. The molecule has 4 aliphatic carbocycles. The van der Waals surface area contributed by atoms with Crippen molar-refractivity contribution in [3.8, 4) is 12.3 Å². The van der Waals surface area contributed by atoms with Gasteiger partial charge in [0, 0.05) is 11.8 Å². The molecule has 4 rings (SSSR count). The third kappa shape index (κ3) is 1.96. The summed E-state index contributed by atoms with van der Waals surface area (Å²) in [5.74, 6) is 5.12. The Bertz CT molecular complexity index is 630. The van der Waals surface area contributed by atoms with E-state index in [0.29, 0.717) is 35.1 Å². The van der Waals surface area contributed by atoms with E-state index in [4.69, 9.17) is 18.0 Å². The monoisotopic (exact) mass is 332 g/mol. The molecule has 0 aromatic rings. The summed E-state index contributed by atoms with van der Waals surface area (Å²) in [6.07, 6.45) is 13.2. The normalized spacial score (nSPS) is 49.2. The van der Waals surface area contributed by atoms with E-state index in [1.165, 1.54) is 5.57 Å². The van der Waals surface area contributed by atoms with E-state index in [-0.39, 0.29) is 11.2 Å². The molecule has 2 nitrogen and oxygen atoms in total. The number of terminal acetylenes is 1. The van der Waals surface area contributed by atoms with Crippen molar-refractivity contribution in [3.63, 3.8) is 0 Å². The number of carbonyl (C=O) groups is 1. The van der Waals surface area contributed by atoms with Crippen molar-refractivity contribution in [2.24, 2.45) is 29.1 Å². The molecule has 3 saturated carbocycles. The molecule has 0 bridgehead atoms. The molecule has 0 unspecified atom stereocenters. The summed E-state index contributed by atoms with van der Waals surface area (Å²) >= 11 is 6.34. The fraction of sp³-hybridized carbons (Fsp3) is 0.750. The number of allylic oxidation sites excluding steroid dienone is 1. The molecule has 0 aromatic heterocycles. The van der Waals surface area contributed by atoms with Crippen molar-refractivity contribution in [3.05, 3.63) is 10.6 Å². The van der Waals surface area contributed by atoms with Crippen LogP contribution in [0, 0.1) is 41.4 Å². The first-order valence-electron chi connectivity index (χ1n) is 9.03. The molecule has 3 heteroatoms. The van der Waals surface area contributed by atoms with Crippen LogP contribution in [0.15, 0.2) is 10.6 Å². The number of hydrogen-bond acceptors (Lipinski definition) is 2. The van der Waals surface area contributed by atoms with Gasteiger partial charge in [0.2, 0.25) is 0 Å². The summed E-state index contributed by atoms with van der Waals surface area (Å²) in [6, 6.07) is 0. The standard InChI is InChI=1S/C20H25ClO2/c1-3-20(23)11-9-16-14-4-5-15-12(6-7-17(22)18(15)21)13(14)8-10-19(16,20)2/h1,12-14,16,23H,4-11H2,2H3/t12-,13+,14-,16-,19+,20+/m1/s1. The van der Waals surface area contributed by atoms with E-state index in [1.807, 2.05) is 0 Å². The summed E-state index contributed by atoms with van der Waals surface area (Å²) in [4.78, 5) is 11.9. The highest BCUT2D eigenvalue weighted by Crippen LogP contribution is 2.65. The van der Waals surface area contributed by atoms with Crippen LogP contribution >= 0.6 is 11.6 Å². The largest absolute Gasteiger partial charge is 0.377 e. The third-order valence-electron chi connectivity index (χ3n) is 7.80. The van der Waals surface area contributed by atoms with Gasteiger partial charge >= 0.3 is 0 Å². The highest BCUT2D eigenvalue weighted by Gasteiger charge is 2.62. The predicted octanol–water partition coefficient (Wildman–Crippen LogP) is 4.06. The van der Waals surface area contributed by atoms with Gasteiger partial charge in [-0.1, -0.05) is 24.4 Å². The molecule has 4 aliphatic rings. The number of aliphatic hydroxyl groups is 1. The molecule has 0 amide bonds. The fourth-order valence-corrected chi connectivity index (χ4v) is 6.82. The second-order valence-electron chi connectivity index (χ2n) is 8.38. The third-order valence-corrected chi connectivity index (χ3v) is 8.26. The molecule has 0 aromatic carbocycles. The van der Waals surface area contributed by atoms with Crippen molar-refractivity contribution < 1.29 is 9.90 Å². The first-order chi connectivity index (χ1) is 10.9. The molecule has 6 atom stereocenters. The average Bonchev–Trinajstić information content (AvgIpc) is 2.83. The number of hydrogen-bond donors (Lipinski definition) is 1. The van der Waals surface area contributed by atoms with Gasteiger partial charge in [-0.3, -0.25) is 4.79 Å². The number of carbonyl (C=O) groups excluding carboxylic acids is 1. The molecular weight excluding hydrogens is 308 g/mol. The molecule has 0 radical (unpaired) electrons. The van der Waals surface area contributed by atoms with Crippen LogP contribution in [-0.4, -0.2) is 16.5 Å². The van der Waals surface area contributed by atoms with Crippen LogP contribution in [0.25, 0.3) is 0 Å². The molecule has 1 N–H and O–H groups in total. The van der Waals surface area contributed by atoms with Gasteiger partial charge in [0.25, 0.3) is 0 Å². The Labute approximate surface area is 143 Å². The lowest BCUT2D eigenvalue weighted by molar-refractivity contribution is -0.117. The zero-order chi connectivity index (χ0) is 16.4. The first-order valence-corrected chi connectivity index (χ1v) is 9.41. The Morgan fingerprint density at radius 2 is 1.96 bits per heavy atom. The Balaban J connectivity index is 1.67. The second kappa shape index (κ2) is 5.11. The fourth-order valence-electron chi connectivity index (χ4n) is 6.49. The van der Waals surface area contributed by atoms with E-state index in [0.717, 1.165) is 44.9 Å². The Morgan fingerprint density at radius 3 is 2.70 bits per heavy atom. The van der Waals surface area contributed by atoms with E-state index in [2.05, 4.69) is 12.8 Å². The van der Waals surface area contributed by atoms with Crippen LogP contribution < -0.4 is 0 Å². The Hall–Kier alpha value is -0.780. The van der Waals surface area contributed by atoms with Gasteiger partial charge in [-0.2, -0.15) is 0 Å². The van der Waals surface area contributed by atoms with Crippen LogP contribution in [0.2, 0.25) is 0 Å². The molecule has 0 heterocycles. The summed E-state index contributed by atoms with van der Waals surface area (Å²) in [5, 5.41) is 11.5. The van der Waals surface area contributed by atoms with Crippen LogP contribution in [0.4, 0.5) is 0 Å². The number of halogens is 1. The van der Waals surface area contributed by atoms with Crippen LogP contribution in [0.3, 0.4) is 0 Å². The minimum atomic E-state index is -0.932. The van der Waals surface area contributed by atoms with Crippen LogP contribution in [0.1, 0.15) is 58.3 Å². The van der Waals surface area contributed by atoms with Gasteiger partial charge in [-0.15, -0.1) is 6.42 Å². The number of ketones is 1. The predicted molar refractivity (Wildman–Crippen MR) is 90.7 cm³/mol. The van der Waals surface area contributed by atoms with Gasteiger partial charge in [0.1, 0.15) is 5.60 Å². The lowest BCUT2D eigenvalue weighted by Gasteiger charge is -2.54. The maximum Gasteiger partial charge on any atom is 0.174 e. The SMILES string of the molecule is C#C[C@]1(O)CC[C@@H]2[C@@H]3CCC4=C(Cl)C(=O)CC[C@@H]4[C@@H]3CC[C@@]21C. The molecule has 0 spiro atoms. The quantitative estimate of drug-likeness (QED) is 0.679. The van der Waals surface area contributed by atoms with Crippen molar-refractivity contribution in [1.82, 2.24) is 0 Å². The zero-order valence-electron chi connectivity index (χ0n) is 13.8. The van der Waals surface area contributed by atoms with Gasteiger partial charge in [-0.25, -0.2) is 0 Å².